The third-order valence-corrected chi connectivity index (χ3v) is 3.50. The second kappa shape index (κ2) is 9.36. The zero-order valence-corrected chi connectivity index (χ0v) is 14.6. The number of ether oxygens (including phenoxy) is 1. The van der Waals surface area contributed by atoms with Gasteiger partial charge in [-0.25, -0.2) is 4.39 Å². The molecule has 1 atom stereocenters. The summed E-state index contributed by atoms with van der Waals surface area (Å²) in [6.07, 6.45) is -0.215. The number of non-ortho nitro benzene ring substituents is 1. The minimum atomic E-state index is -0.429. The average Bonchev–Trinajstić information content (AvgIpc) is 2.62. The number of nitrogens with zero attached hydrogens (tertiary/aromatic N) is 2. The van der Waals surface area contributed by atoms with Crippen LogP contribution in [0.1, 0.15) is 12.5 Å². The minimum Gasteiger partial charge on any atom is -0.489 e. The van der Waals surface area contributed by atoms with Gasteiger partial charge >= 0.3 is 0 Å². The normalized spacial score (nSPS) is 12.3. The van der Waals surface area contributed by atoms with Gasteiger partial charge in [-0.2, -0.15) is 0 Å². The lowest BCUT2D eigenvalue weighted by Gasteiger charge is -2.17. The highest BCUT2D eigenvalue weighted by molar-refractivity contribution is 5.79. The molecule has 0 saturated heterocycles. The van der Waals surface area contributed by atoms with Crippen LogP contribution in [0.4, 0.5) is 10.1 Å². The maximum Gasteiger partial charge on any atom is 0.269 e. The predicted octanol–water partition coefficient (Wildman–Crippen LogP) is 2.87. The molecule has 0 aliphatic heterocycles. The highest BCUT2D eigenvalue weighted by Crippen LogP contribution is 2.14. The van der Waals surface area contributed by atoms with E-state index in [4.69, 9.17) is 4.74 Å². The third kappa shape index (κ3) is 6.04. The minimum absolute atomic E-state index is 0.0457. The largest absolute Gasteiger partial charge is 0.489 e. The number of guanidine groups is 1. The molecule has 2 rings (SSSR count). The van der Waals surface area contributed by atoms with Crippen LogP contribution in [-0.2, 0) is 6.54 Å². The van der Waals surface area contributed by atoms with E-state index in [-0.39, 0.29) is 17.6 Å². The highest BCUT2D eigenvalue weighted by atomic mass is 19.1. The van der Waals surface area contributed by atoms with Gasteiger partial charge < -0.3 is 15.4 Å². The maximum atomic E-state index is 13.2. The van der Waals surface area contributed by atoms with E-state index < -0.39 is 4.92 Å². The Labute approximate surface area is 151 Å². The summed E-state index contributed by atoms with van der Waals surface area (Å²) in [5, 5.41) is 17.0. The Balaban J connectivity index is 1.82. The lowest BCUT2D eigenvalue weighted by atomic mass is 10.2. The predicted molar refractivity (Wildman–Crippen MR) is 97.8 cm³/mol. The Kier molecular flexibility index (Phi) is 6.90. The van der Waals surface area contributed by atoms with E-state index in [0.29, 0.717) is 24.8 Å². The lowest BCUT2D eigenvalue weighted by molar-refractivity contribution is -0.384. The first kappa shape index (κ1) is 19.2. The van der Waals surface area contributed by atoms with E-state index >= 15 is 0 Å². The van der Waals surface area contributed by atoms with Gasteiger partial charge in [-0.05, 0) is 24.6 Å². The number of hydrogen-bond donors (Lipinski definition) is 2. The number of aliphatic imine (C=N–C) groups is 1. The molecule has 8 heteroatoms. The quantitative estimate of drug-likeness (QED) is 0.343. The fraction of sp³-hybridized carbons (Fsp3) is 0.278. The van der Waals surface area contributed by atoms with Crippen molar-refractivity contribution in [2.45, 2.75) is 19.6 Å². The van der Waals surface area contributed by atoms with Gasteiger partial charge in [-0.1, -0.05) is 18.2 Å². The van der Waals surface area contributed by atoms with Crippen molar-refractivity contribution >= 4 is 11.6 Å². The highest BCUT2D eigenvalue weighted by Gasteiger charge is 2.08. The van der Waals surface area contributed by atoms with Gasteiger partial charge in [-0.15, -0.1) is 0 Å². The Morgan fingerprint density at radius 1 is 1.27 bits per heavy atom. The molecule has 138 valence electrons. The number of hydrogen-bond acceptors (Lipinski definition) is 4. The van der Waals surface area contributed by atoms with Crippen molar-refractivity contribution < 1.29 is 14.1 Å². The Morgan fingerprint density at radius 2 is 2.04 bits per heavy atom. The van der Waals surface area contributed by atoms with Crippen LogP contribution >= 0.6 is 0 Å². The molecule has 26 heavy (non-hydrogen) atoms. The number of nitro benzene ring substituents is 1. The summed E-state index contributed by atoms with van der Waals surface area (Å²) in [5.41, 5.74) is 0.815. The summed E-state index contributed by atoms with van der Waals surface area (Å²) in [7, 11) is 1.63. The van der Waals surface area contributed by atoms with Crippen molar-refractivity contribution in [1.82, 2.24) is 10.6 Å². The first-order valence-electron chi connectivity index (χ1n) is 8.08. The Bertz CT molecular complexity index is 783. The zero-order chi connectivity index (χ0) is 18.9. The smallest absolute Gasteiger partial charge is 0.269 e. The molecule has 0 aliphatic rings. The number of rotatable bonds is 7. The molecule has 0 saturated carbocycles. The van der Waals surface area contributed by atoms with Crippen LogP contribution in [0, 0.1) is 15.9 Å². The second-order valence-corrected chi connectivity index (χ2v) is 5.62. The van der Waals surface area contributed by atoms with E-state index in [9.17, 15) is 14.5 Å². The SMILES string of the molecule is CN=C(NCc1cccc([N+](=O)[O-])c1)NCC(C)Oc1cccc(F)c1. The number of benzene rings is 2. The van der Waals surface area contributed by atoms with Gasteiger partial charge in [0.2, 0.25) is 0 Å². The van der Waals surface area contributed by atoms with Crippen LogP contribution in [-0.4, -0.2) is 30.6 Å². The number of halogens is 1. The Morgan fingerprint density at radius 3 is 2.73 bits per heavy atom. The van der Waals surface area contributed by atoms with Crippen molar-refractivity contribution in [3.05, 3.63) is 70.0 Å². The standard InChI is InChI=1S/C18H21FN4O3/c1-13(26-17-8-4-6-15(19)10-17)11-21-18(20-2)22-12-14-5-3-7-16(9-14)23(24)25/h3-10,13H,11-12H2,1-2H3,(H2,20,21,22). The van der Waals surface area contributed by atoms with Crippen LogP contribution in [0.3, 0.4) is 0 Å². The fourth-order valence-electron chi connectivity index (χ4n) is 2.24. The topological polar surface area (TPSA) is 88.8 Å². The number of nitrogens with one attached hydrogen (secondary N) is 2. The summed E-state index contributed by atoms with van der Waals surface area (Å²) in [4.78, 5) is 14.5. The van der Waals surface area contributed by atoms with Crippen LogP contribution in [0.25, 0.3) is 0 Å². The van der Waals surface area contributed by atoms with Gasteiger partial charge in [0.1, 0.15) is 17.7 Å². The van der Waals surface area contributed by atoms with Crippen LogP contribution in [0.15, 0.2) is 53.5 Å². The molecule has 2 aromatic carbocycles. The summed E-state index contributed by atoms with van der Waals surface area (Å²) in [6, 6.07) is 12.3. The van der Waals surface area contributed by atoms with Crippen LogP contribution in [0.2, 0.25) is 0 Å². The molecule has 0 amide bonds. The van der Waals surface area contributed by atoms with Crippen molar-refractivity contribution in [1.29, 1.82) is 0 Å². The van der Waals surface area contributed by atoms with Gasteiger partial charge in [0.15, 0.2) is 5.96 Å². The molecular weight excluding hydrogens is 339 g/mol. The molecule has 0 aliphatic carbocycles. The van der Waals surface area contributed by atoms with E-state index in [2.05, 4.69) is 15.6 Å². The van der Waals surface area contributed by atoms with Crippen molar-refractivity contribution in [3.8, 4) is 5.75 Å². The monoisotopic (exact) mass is 360 g/mol. The van der Waals surface area contributed by atoms with E-state index in [1.165, 1.54) is 24.3 Å². The van der Waals surface area contributed by atoms with E-state index in [1.54, 1.807) is 31.3 Å². The van der Waals surface area contributed by atoms with E-state index in [1.807, 2.05) is 6.92 Å². The molecule has 7 nitrogen and oxygen atoms in total. The van der Waals surface area contributed by atoms with Crippen molar-refractivity contribution in [2.75, 3.05) is 13.6 Å². The first-order valence-corrected chi connectivity index (χ1v) is 8.08. The van der Waals surface area contributed by atoms with Crippen LogP contribution < -0.4 is 15.4 Å². The van der Waals surface area contributed by atoms with Crippen molar-refractivity contribution in [2.24, 2.45) is 4.99 Å². The van der Waals surface area contributed by atoms with Gasteiger partial charge in [0.25, 0.3) is 5.69 Å². The molecule has 0 bridgehead atoms. The molecule has 0 spiro atoms. The molecule has 0 fully saturated rings. The second-order valence-electron chi connectivity index (χ2n) is 5.62. The first-order chi connectivity index (χ1) is 12.5. The number of nitro groups is 1. The molecule has 0 aromatic heterocycles. The molecule has 0 heterocycles. The summed E-state index contributed by atoms with van der Waals surface area (Å²) >= 11 is 0. The van der Waals surface area contributed by atoms with Gasteiger partial charge in [0.05, 0.1) is 11.5 Å². The van der Waals surface area contributed by atoms with Gasteiger partial charge in [0, 0.05) is 31.8 Å². The Hall–Kier alpha value is -3.16. The average molecular weight is 360 g/mol. The fourth-order valence-corrected chi connectivity index (χ4v) is 2.24. The summed E-state index contributed by atoms with van der Waals surface area (Å²) < 4.78 is 18.8. The molecule has 0 radical (unpaired) electrons. The van der Waals surface area contributed by atoms with Crippen molar-refractivity contribution in [3.63, 3.8) is 0 Å². The lowest BCUT2D eigenvalue weighted by Crippen LogP contribution is -2.41. The molecule has 2 aromatic rings. The zero-order valence-electron chi connectivity index (χ0n) is 14.6. The maximum absolute atomic E-state index is 13.2. The summed E-state index contributed by atoms with van der Waals surface area (Å²) in [6.45, 7) is 2.69. The molecule has 1 unspecified atom stereocenters. The summed E-state index contributed by atoms with van der Waals surface area (Å²) in [5.74, 6) is 0.641. The van der Waals surface area contributed by atoms with E-state index in [0.717, 1.165) is 5.56 Å². The van der Waals surface area contributed by atoms with Gasteiger partial charge in [-0.3, -0.25) is 15.1 Å². The van der Waals surface area contributed by atoms with Crippen LogP contribution in [0.5, 0.6) is 5.75 Å². The molecule has 2 N–H and O–H groups in total. The molecular formula is C18H21FN4O3. The third-order valence-electron chi connectivity index (χ3n) is 3.50.